The number of ether oxygens (including phenoxy) is 3. The predicted octanol–water partition coefficient (Wildman–Crippen LogP) is 4.36. The molecule has 9 heteroatoms. The van der Waals surface area contributed by atoms with Crippen molar-refractivity contribution in [3.8, 4) is 28.6 Å². The van der Waals surface area contributed by atoms with E-state index in [0.717, 1.165) is 5.56 Å². The van der Waals surface area contributed by atoms with Crippen molar-refractivity contribution in [2.24, 2.45) is 0 Å². The van der Waals surface area contributed by atoms with Gasteiger partial charge in [0.15, 0.2) is 23.9 Å². The van der Waals surface area contributed by atoms with Crippen LogP contribution in [-0.2, 0) is 11.3 Å². The molecule has 0 atom stereocenters. The summed E-state index contributed by atoms with van der Waals surface area (Å²) in [6.07, 6.45) is 0. The molecule has 29 heavy (non-hydrogen) atoms. The van der Waals surface area contributed by atoms with Crippen LogP contribution in [0.5, 0.6) is 17.2 Å². The highest BCUT2D eigenvalue weighted by Gasteiger charge is 2.12. The van der Waals surface area contributed by atoms with E-state index in [9.17, 15) is 4.79 Å². The van der Waals surface area contributed by atoms with Crippen LogP contribution in [0.3, 0.4) is 0 Å². The van der Waals surface area contributed by atoms with Gasteiger partial charge in [0, 0.05) is 16.7 Å². The molecule has 152 valence electrons. The third-order valence-corrected chi connectivity index (χ3v) is 4.48. The third-order valence-electron chi connectivity index (χ3n) is 3.95. The summed E-state index contributed by atoms with van der Waals surface area (Å²) >= 11 is 11.8. The quantitative estimate of drug-likeness (QED) is 0.564. The lowest BCUT2D eigenvalue weighted by Gasteiger charge is -2.08. The Labute approximate surface area is 177 Å². The smallest absolute Gasteiger partial charge is 0.258 e. The van der Waals surface area contributed by atoms with Crippen molar-refractivity contribution < 1.29 is 23.5 Å². The minimum absolute atomic E-state index is 0.188. The predicted molar refractivity (Wildman–Crippen MR) is 109 cm³/mol. The Morgan fingerprint density at radius 1 is 1.03 bits per heavy atom. The molecule has 0 spiro atoms. The molecule has 3 aromatic rings. The second-order valence-electron chi connectivity index (χ2n) is 5.89. The van der Waals surface area contributed by atoms with E-state index in [0.29, 0.717) is 38.7 Å². The first-order valence-corrected chi connectivity index (χ1v) is 9.28. The molecule has 2 aromatic carbocycles. The van der Waals surface area contributed by atoms with Crippen LogP contribution in [0.1, 0.15) is 5.69 Å². The van der Waals surface area contributed by atoms with Gasteiger partial charge in [-0.05, 0) is 36.4 Å². The van der Waals surface area contributed by atoms with E-state index < -0.39 is 0 Å². The van der Waals surface area contributed by atoms with Crippen LogP contribution in [-0.4, -0.2) is 31.9 Å². The first kappa shape index (κ1) is 20.8. The number of halogens is 2. The first-order chi connectivity index (χ1) is 14.0. The highest BCUT2D eigenvalue weighted by molar-refractivity contribution is 6.35. The molecule has 1 N–H and O–H groups in total. The number of aromatic nitrogens is 1. The van der Waals surface area contributed by atoms with Crippen molar-refractivity contribution in [2.75, 3.05) is 20.8 Å². The van der Waals surface area contributed by atoms with Crippen LogP contribution >= 0.6 is 23.2 Å². The van der Waals surface area contributed by atoms with E-state index in [1.54, 1.807) is 50.6 Å². The zero-order valence-corrected chi connectivity index (χ0v) is 17.2. The van der Waals surface area contributed by atoms with Crippen molar-refractivity contribution in [2.45, 2.75) is 6.54 Å². The maximum atomic E-state index is 12.0. The number of methoxy groups -OCH3 is 2. The Morgan fingerprint density at radius 3 is 2.52 bits per heavy atom. The number of hydrogen-bond acceptors (Lipinski definition) is 6. The first-order valence-electron chi connectivity index (χ1n) is 8.52. The normalized spacial score (nSPS) is 10.5. The summed E-state index contributed by atoms with van der Waals surface area (Å²) in [6.45, 7) is -0.00489. The monoisotopic (exact) mass is 436 g/mol. The maximum Gasteiger partial charge on any atom is 0.258 e. The Balaban J connectivity index is 1.55. The largest absolute Gasteiger partial charge is 0.493 e. The summed E-state index contributed by atoms with van der Waals surface area (Å²) < 4.78 is 21.3. The number of carbonyl (C=O) groups excluding carboxylic acids is 1. The summed E-state index contributed by atoms with van der Waals surface area (Å²) in [5.74, 6) is 1.78. The number of hydrogen-bond donors (Lipinski definition) is 1. The summed E-state index contributed by atoms with van der Waals surface area (Å²) in [4.78, 5) is 12.0. The highest BCUT2D eigenvalue weighted by Crippen LogP contribution is 2.32. The van der Waals surface area contributed by atoms with Crippen molar-refractivity contribution >= 4 is 29.1 Å². The number of rotatable bonds is 8. The fraction of sp³-hybridized carbons (Fsp3) is 0.200. The van der Waals surface area contributed by atoms with Crippen LogP contribution in [0.4, 0.5) is 0 Å². The molecule has 0 unspecified atom stereocenters. The van der Waals surface area contributed by atoms with E-state index >= 15 is 0 Å². The molecule has 0 saturated carbocycles. The fourth-order valence-electron chi connectivity index (χ4n) is 2.50. The Morgan fingerprint density at radius 2 is 1.79 bits per heavy atom. The van der Waals surface area contributed by atoms with Gasteiger partial charge in [-0.2, -0.15) is 0 Å². The lowest BCUT2D eigenvalue weighted by Crippen LogP contribution is -2.28. The van der Waals surface area contributed by atoms with E-state index in [-0.39, 0.29) is 19.1 Å². The SMILES string of the molecule is COc1ccc(-c2cc(CNC(=O)COc3ccc(Cl)cc3Cl)no2)cc1OC. The van der Waals surface area contributed by atoms with Crippen molar-refractivity contribution in [3.05, 3.63) is 58.2 Å². The second kappa shape index (κ2) is 9.54. The average Bonchev–Trinajstić information content (AvgIpc) is 3.20. The van der Waals surface area contributed by atoms with Gasteiger partial charge in [-0.25, -0.2) is 0 Å². The third kappa shape index (κ3) is 5.34. The van der Waals surface area contributed by atoms with Crippen molar-refractivity contribution in [3.63, 3.8) is 0 Å². The maximum absolute atomic E-state index is 12.0. The average molecular weight is 437 g/mol. The van der Waals surface area contributed by atoms with Gasteiger partial charge in [0.05, 0.1) is 25.8 Å². The van der Waals surface area contributed by atoms with E-state index in [2.05, 4.69) is 10.5 Å². The molecule has 0 fully saturated rings. The van der Waals surface area contributed by atoms with E-state index in [4.69, 9.17) is 41.9 Å². The van der Waals surface area contributed by atoms with E-state index in [1.165, 1.54) is 0 Å². The minimum atomic E-state index is -0.327. The van der Waals surface area contributed by atoms with Crippen LogP contribution in [0.25, 0.3) is 11.3 Å². The van der Waals surface area contributed by atoms with Gasteiger partial charge in [0.25, 0.3) is 5.91 Å². The molecule has 1 heterocycles. The fourth-order valence-corrected chi connectivity index (χ4v) is 2.96. The van der Waals surface area contributed by atoms with E-state index in [1.807, 2.05) is 6.07 Å². The molecule has 1 aromatic heterocycles. The number of benzene rings is 2. The molecular weight excluding hydrogens is 419 g/mol. The van der Waals surface area contributed by atoms with Gasteiger partial charge < -0.3 is 24.1 Å². The topological polar surface area (TPSA) is 82.8 Å². The van der Waals surface area contributed by atoms with Gasteiger partial charge in [-0.3, -0.25) is 4.79 Å². The zero-order chi connectivity index (χ0) is 20.8. The summed E-state index contributed by atoms with van der Waals surface area (Å²) in [5, 5.41) is 7.50. The standard InChI is InChI=1S/C20H18Cl2N2O5/c1-26-17-5-3-12(7-19(17)27-2)18-9-14(24-29-18)10-23-20(25)11-28-16-6-4-13(21)8-15(16)22/h3-9H,10-11H2,1-2H3,(H,23,25). The lowest BCUT2D eigenvalue weighted by molar-refractivity contribution is -0.123. The molecule has 1 amide bonds. The molecule has 0 radical (unpaired) electrons. The Hall–Kier alpha value is -2.90. The summed E-state index contributed by atoms with van der Waals surface area (Å²) in [6, 6.07) is 11.9. The molecule has 0 aliphatic heterocycles. The second-order valence-corrected chi connectivity index (χ2v) is 6.74. The van der Waals surface area contributed by atoms with Crippen LogP contribution in [0.15, 0.2) is 47.0 Å². The molecular formula is C20H18Cl2N2O5. The van der Waals surface area contributed by atoms with Gasteiger partial charge in [-0.15, -0.1) is 0 Å². The minimum Gasteiger partial charge on any atom is -0.493 e. The van der Waals surface area contributed by atoms with Crippen LogP contribution in [0.2, 0.25) is 10.0 Å². The Kier molecular flexibility index (Phi) is 6.85. The summed E-state index contributed by atoms with van der Waals surface area (Å²) in [7, 11) is 3.12. The molecule has 7 nitrogen and oxygen atoms in total. The van der Waals surface area contributed by atoms with Gasteiger partial charge in [0.1, 0.15) is 11.4 Å². The summed E-state index contributed by atoms with van der Waals surface area (Å²) in [5.41, 5.74) is 1.33. The number of nitrogens with zero attached hydrogens (tertiary/aromatic N) is 1. The molecule has 0 aliphatic carbocycles. The highest BCUT2D eigenvalue weighted by atomic mass is 35.5. The molecule has 0 bridgehead atoms. The van der Waals surface area contributed by atoms with Crippen LogP contribution in [0, 0.1) is 0 Å². The van der Waals surface area contributed by atoms with Crippen LogP contribution < -0.4 is 19.5 Å². The van der Waals surface area contributed by atoms with Gasteiger partial charge in [0.2, 0.25) is 0 Å². The van der Waals surface area contributed by atoms with Crippen molar-refractivity contribution in [1.29, 1.82) is 0 Å². The number of amides is 1. The number of nitrogens with one attached hydrogen (secondary N) is 1. The van der Waals surface area contributed by atoms with Crippen molar-refractivity contribution in [1.82, 2.24) is 10.5 Å². The lowest BCUT2D eigenvalue weighted by atomic mass is 10.1. The Bertz CT molecular complexity index is 1010. The zero-order valence-electron chi connectivity index (χ0n) is 15.7. The molecule has 0 aliphatic rings. The van der Waals surface area contributed by atoms with Gasteiger partial charge >= 0.3 is 0 Å². The number of carbonyl (C=O) groups is 1. The van der Waals surface area contributed by atoms with Gasteiger partial charge in [-0.1, -0.05) is 28.4 Å². The molecule has 0 saturated heterocycles. The molecule has 3 rings (SSSR count).